The number of carbonyl (C=O) groups excluding carboxylic acids is 1. The number of anilines is 1. The lowest BCUT2D eigenvalue weighted by molar-refractivity contribution is 0.0505. The summed E-state index contributed by atoms with van der Waals surface area (Å²) in [6.45, 7) is 2.69. The van der Waals surface area contributed by atoms with Gasteiger partial charge in [0, 0.05) is 35.1 Å². The predicted octanol–water partition coefficient (Wildman–Crippen LogP) is 1.73. The Balaban J connectivity index is 2.87. The molecule has 1 atom stereocenters. The molecule has 0 aliphatic heterocycles. The van der Waals surface area contributed by atoms with Crippen molar-refractivity contribution in [2.75, 3.05) is 31.8 Å². The molecule has 5 nitrogen and oxygen atoms in total. The van der Waals surface area contributed by atoms with Gasteiger partial charge in [0.25, 0.3) is 0 Å². The van der Waals surface area contributed by atoms with E-state index in [9.17, 15) is 9.00 Å². The Kier molecular flexibility index (Phi) is 7.25. The number of esters is 1. The average Bonchev–Trinajstić information content (AvgIpc) is 2.42. The van der Waals surface area contributed by atoms with Crippen molar-refractivity contribution in [1.82, 2.24) is 0 Å². The molecule has 6 heteroatoms. The normalized spacial score (nSPS) is 12.1. The summed E-state index contributed by atoms with van der Waals surface area (Å²) in [5, 5.41) is 0. The number of rotatable bonds is 8. The highest BCUT2D eigenvalue weighted by Crippen LogP contribution is 2.20. The van der Waals surface area contributed by atoms with Crippen molar-refractivity contribution in [3.8, 4) is 0 Å². The lowest BCUT2D eigenvalue weighted by Gasteiger charge is -2.11. The maximum atomic E-state index is 12.0. The van der Waals surface area contributed by atoms with Crippen molar-refractivity contribution in [1.29, 1.82) is 0 Å². The molecule has 0 amide bonds. The summed E-state index contributed by atoms with van der Waals surface area (Å²) < 4.78 is 21.9. The number of hydrogen-bond acceptors (Lipinski definition) is 5. The fraction of sp³-hybridized carbons (Fsp3) is 0.500. The van der Waals surface area contributed by atoms with E-state index in [1.165, 1.54) is 0 Å². The third-order valence-corrected chi connectivity index (χ3v) is 3.91. The van der Waals surface area contributed by atoms with Gasteiger partial charge in [-0.1, -0.05) is 19.1 Å². The van der Waals surface area contributed by atoms with Gasteiger partial charge in [-0.3, -0.25) is 4.21 Å². The quantitative estimate of drug-likeness (QED) is 0.584. The largest absolute Gasteiger partial charge is 0.462 e. The molecule has 0 saturated carbocycles. The van der Waals surface area contributed by atoms with Gasteiger partial charge in [0.15, 0.2) is 0 Å². The van der Waals surface area contributed by atoms with E-state index in [1.807, 2.05) is 6.92 Å². The number of nitrogens with two attached hydrogens (primary N) is 1. The summed E-state index contributed by atoms with van der Waals surface area (Å²) in [6, 6.07) is 5.14. The smallest absolute Gasteiger partial charge is 0.340 e. The van der Waals surface area contributed by atoms with Crippen molar-refractivity contribution >= 4 is 22.5 Å². The Morgan fingerprint density at radius 1 is 1.35 bits per heavy atom. The minimum atomic E-state index is -1.10. The van der Waals surface area contributed by atoms with E-state index in [4.69, 9.17) is 15.2 Å². The summed E-state index contributed by atoms with van der Waals surface area (Å²) >= 11 is 0. The molecule has 20 heavy (non-hydrogen) atoms. The topological polar surface area (TPSA) is 78.6 Å². The molecule has 2 N–H and O–H groups in total. The first-order valence-corrected chi connectivity index (χ1v) is 7.97. The number of ether oxygens (including phenoxy) is 2. The van der Waals surface area contributed by atoms with Crippen LogP contribution >= 0.6 is 0 Å². The number of benzene rings is 1. The van der Waals surface area contributed by atoms with Gasteiger partial charge in [0.05, 0.1) is 18.8 Å². The molecular formula is C14H21NO4S. The highest BCUT2D eigenvalue weighted by molar-refractivity contribution is 7.84. The summed E-state index contributed by atoms with van der Waals surface area (Å²) in [6.07, 6.45) is 0.744. The van der Waals surface area contributed by atoms with Crippen LogP contribution in [-0.2, 0) is 26.0 Å². The highest BCUT2D eigenvalue weighted by Gasteiger charge is 2.17. The zero-order chi connectivity index (χ0) is 15.0. The van der Waals surface area contributed by atoms with Crippen LogP contribution in [0.15, 0.2) is 18.2 Å². The second-order valence-corrected chi connectivity index (χ2v) is 5.87. The summed E-state index contributed by atoms with van der Waals surface area (Å²) in [5.74, 6) is 0.239. The summed E-state index contributed by atoms with van der Waals surface area (Å²) in [7, 11) is 0.461. The van der Waals surface area contributed by atoms with Crippen molar-refractivity contribution in [3.63, 3.8) is 0 Å². The van der Waals surface area contributed by atoms with Crippen LogP contribution < -0.4 is 5.73 Å². The van der Waals surface area contributed by atoms with E-state index >= 15 is 0 Å². The zero-order valence-electron chi connectivity index (χ0n) is 11.9. The molecular weight excluding hydrogens is 278 g/mol. The molecule has 0 aliphatic rings. The Hall–Kier alpha value is -1.40. The Bertz CT molecular complexity index is 476. The van der Waals surface area contributed by atoms with Gasteiger partial charge < -0.3 is 15.2 Å². The van der Waals surface area contributed by atoms with Crippen LogP contribution in [0, 0.1) is 0 Å². The third kappa shape index (κ3) is 4.94. The van der Waals surface area contributed by atoms with Crippen LogP contribution in [-0.4, -0.2) is 36.3 Å². The molecule has 0 aromatic heterocycles. The molecule has 0 radical (unpaired) electrons. The van der Waals surface area contributed by atoms with E-state index in [1.54, 1.807) is 25.3 Å². The van der Waals surface area contributed by atoms with Crippen molar-refractivity contribution in [3.05, 3.63) is 29.3 Å². The van der Waals surface area contributed by atoms with Crippen LogP contribution in [0.5, 0.6) is 0 Å². The first-order chi connectivity index (χ1) is 9.60. The molecule has 0 fully saturated rings. The lowest BCUT2D eigenvalue weighted by atomic mass is 10.1. The van der Waals surface area contributed by atoms with Crippen molar-refractivity contribution < 1.29 is 18.5 Å². The molecule has 1 aromatic carbocycles. The minimum absolute atomic E-state index is 0.269. The predicted molar refractivity (Wildman–Crippen MR) is 80.0 cm³/mol. The van der Waals surface area contributed by atoms with E-state index in [0.717, 1.165) is 6.42 Å². The SMILES string of the molecule is CCCOC(=O)c1c(N)cccc1CS(=O)CCOC. The fourth-order valence-corrected chi connectivity index (χ4v) is 2.76. The number of hydrogen-bond donors (Lipinski definition) is 1. The first kappa shape index (κ1) is 16.7. The van der Waals surface area contributed by atoms with Crippen LogP contribution in [0.3, 0.4) is 0 Å². The van der Waals surface area contributed by atoms with Crippen LogP contribution in [0.1, 0.15) is 29.3 Å². The molecule has 0 bridgehead atoms. The van der Waals surface area contributed by atoms with E-state index in [2.05, 4.69) is 0 Å². The molecule has 0 spiro atoms. The second kappa shape index (κ2) is 8.71. The Morgan fingerprint density at radius 2 is 2.10 bits per heavy atom. The Morgan fingerprint density at radius 3 is 2.75 bits per heavy atom. The number of nitrogen functional groups attached to an aromatic ring is 1. The van der Waals surface area contributed by atoms with Gasteiger partial charge in [-0.2, -0.15) is 0 Å². The molecule has 1 rings (SSSR count). The van der Waals surface area contributed by atoms with Crippen molar-refractivity contribution in [2.24, 2.45) is 0 Å². The fourth-order valence-electron chi connectivity index (χ4n) is 1.68. The highest BCUT2D eigenvalue weighted by atomic mass is 32.2. The van der Waals surface area contributed by atoms with Crippen molar-refractivity contribution in [2.45, 2.75) is 19.1 Å². The van der Waals surface area contributed by atoms with Gasteiger partial charge in [0.2, 0.25) is 0 Å². The molecule has 0 aliphatic carbocycles. The zero-order valence-corrected chi connectivity index (χ0v) is 12.7. The maximum Gasteiger partial charge on any atom is 0.340 e. The van der Waals surface area contributed by atoms with Crippen LogP contribution in [0.25, 0.3) is 0 Å². The second-order valence-electron chi connectivity index (χ2n) is 4.30. The Labute approximate surface area is 121 Å². The van der Waals surface area contributed by atoms with Gasteiger partial charge in [-0.25, -0.2) is 4.79 Å². The number of carbonyl (C=O) groups is 1. The van der Waals surface area contributed by atoms with Gasteiger partial charge in [-0.15, -0.1) is 0 Å². The van der Waals surface area contributed by atoms with Gasteiger partial charge in [0.1, 0.15) is 0 Å². The molecule has 0 heterocycles. The standard InChI is InChI=1S/C14H21NO4S/c1-3-7-19-14(16)13-11(5-4-6-12(13)15)10-20(17)9-8-18-2/h4-6H,3,7-10,15H2,1-2H3. The van der Waals surface area contributed by atoms with E-state index in [-0.39, 0.29) is 5.75 Å². The molecule has 1 unspecified atom stereocenters. The van der Waals surface area contributed by atoms with Crippen LogP contribution in [0.4, 0.5) is 5.69 Å². The first-order valence-electron chi connectivity index (χ1n) is 6.48. The summed E-state index contributed by atoms with van der Waals surface area (Å²) in [4.78, 5) is 12.0. The van der Waals surface area contributed by atoms with Gasteiger partial charge >= 0.3 is 5.97 Å². The van der Waals surface area contributed by atoms with E-state index < -0.39 is 16.8 Å². The average molecular weight is 299 g/mol. The molecule has 1 aromatic rings. The minimum Gasteiger partial charge on any atom is -0.462 e. The lowest BCUT2D eigenvalue weighted by Crippen LogP contribution is -2.14. The molecule has 0 saturated heterocycles. The third-order valence-electron chi connectivity index (χ3n) is 2.66. The monoisotopic (exact) mass is 299 g/mol. The van der Waals surface area contributed by atoms with Gasteiger partial charge in [-0.05, 0) is 18.1 Å². The molecule has 112 valence electrons. The van der Waals surface area contributed by atoms with E-state index in [0.29, 0.717) is 35.8 Å². The number of methoxy groups -OCH3 is 1. The summed E-state index contributed by atoms with van der Waals surface area (Å²) in [5.41, 5.74) is 7.18. The maximum absolute atomic E-state index is 12.0. The van der Waals surface area contributed by atoms with Crippen LogP contribution in [0.2, 0.25) is 0 Å².